The predicted molar refractivity (Wildman–Crippen MR) is 64.7 cm³/mol. The normalized spacial score (nSPS) is 17.8. The highest BCUT2D eigenvalue weighted by Crippen LogP contribution is 2.31. The number of benzene rings is 2. The van der Waals surface area contributed by atoms with Gasteiger partial charge < -0.3 is 4.74 Å². The van der Waals surface area contributed by atoms with Crippen LogP contribution in [0.2, 0.25) is 0 Å². The minimum Gasteiger partial charge on any atom is -0.454 e. The summed E-state index contributed by atoms with van der Waals surface area (Å²) in [6.07, 6.45) is -0.103. The van der Waals surface area contributed by atoms with Crippen molar-refractivity contribution in [2.24, 2.45) is 0 Å². The summed E-state index contributed by atoms with van der Waals surface area (Å²) in [6, 6.07) is 11.2. The van der Waals surface area contributed by atoms with Crippen molar-refractivity contribution < 1.29 is 18.3 Å². The van der Waals surface area contributed by atoms with Crippen molar-refractivity contribution in [3.8, 4) is 0 Å². The van der Waals surface area contributed by atoms with Crippen molar-refractivity contribution >= 4 is 5.97 Å². The second-order valence-electron chi connectivity index (χ2n) is 4.43. The fourth-order valence-corrected chi connectivity index (χ4v) is 2.23. The van der Waals surface area contributed by atoms with Gasteiger partial charge in [-0.2, -0.15) is 0 Å². The van der Waals surface area contributed by atoms with Gasteiger partial charge >= 0.3 is 5.97 Å². The van der Waals surface area contributed by atoms with E-state index in [-0.39, 0.29) is 5.56 Å². The van der Waals surface area contributed by atoms with Crippen LogP contribution in [0.5, 0.6) is 0 Å². The van der Waals surface area contributed by atoms with Crippen LogP contribution in [0.15, 0.2) is 42.5 Å². The van der Waals surface area contributed by atoms with Gasteiger partial charge in [-0.15, -0.1) is 0 Å². The molecule has 1 atom stereocenters. The zero-order valence-corrected chi connectivity index (χ0v) is 9.90. The van der Waals surface area contributed by atoms with E-state index in [1.54, 1.807) is 0 Å². The first-order valence-corrected chi connectivity index (χ1v) is 5.89. The Morgan fingerprint density at radius 2 is 1.74 bits per heavy atom. The molecule has 19 heavy (non-hydrogen) atoms. The average Bonchev–Trinajstić information content (AvgIpc) is 2.42. The Morgan fingerprint density at radius 1 is 1.05 bits per heavy atom. The first-order valence-electron chi connectivity index (χ1n) is 5.89. The molecule has 1 aliphatic heterocycles. The fraction of sp³-hybridized carbons (Fsp3) is 0.133. The lowest BCUT2D eigenvalue weighted by molar-refractivity contribution is 0.0251. The molecule has 0 saturated heterocycles. The molecule has 0 saturated carbocycles. The molecular weight excluding hydrogens is 250 g/mol. The quantitative estimate of drug-likeness (QED) is 0.734. The lowest BCUT2D eigenvalue weighted by Gasteiger charge is -2.25. The minimum absolute atomic E-state index is 0.103. The van der Waals surface area contributed by atoms with Crippen molar-refractivity contribution in [1.82, 2.24) is 0 Å². The van der Waals surface area contributed by atoms with Crippen LogP contribution in [0.1, 0.15) is 27.6 Å². The van der Waals surface area contributed by atoms with E-state index in [0.29, 0.717) is 12.0 Å². The van der Waals surface area contributed by atoms with E-state index in [2.05, 4.69) is 0 Å². The summed E-state index contributed by atoms with van der Waals surface area (Å²) < 4.78 is 31.6. The van der Waals surface area contributed by atoms with Gasteiger partial charge in [-0.3, -0.25) is 0 Å². The molecule has 96 valence electrons. The Morgan fingerprint density at radius 3 is 2.47 bits per heavy atom. The van der Waals surface area contributed by atoms with Crippen molar-refractivity contribution in [2.45, 2.75) is 12.5 Å². The van der Waals surface area contributed by atoms with E-state index < -0.39 is 23.7 Å². The van der Waals surface area contributed by atoms with Gasteiger partial charge in [-0.25, -0.2) is 13.6 Å². The molecule has 2 aromatic rings. The number of ether oxygens (including phenoxy) is 1. The summed E-state index contributed by atoms with van der Waals surface area (Å²) in [5, 5.41) is 0. The molecule has 2 aromatic carbocycles. The van der Waals surface area contributed by atoms with Crippen LogP contribution in [-0.2, 0) is 11.2 Å². The third kappa shape index (κ3) is 2.10. The fourth-order valence-electron chi connectivity index (χ4n) is 2.23. The zero-order valence-electron chi connectivity index (χ0n) is 9.90. The van der Waals surface area contributed by atoms with Gasteiger partial charge in [0.25, 0.3) is 0 Å². The van der Waals surface area contributed by atoms with Crippen LogP contribution in [-0.4, -0.2) is 5.97 Å². The molecule has 1 aliphatic rings. The van der Waals surface area contributed by atoms with Gasteiger partial charge in [0.2, 0.25) is 0 Å². The monoisotopic (exact) mass is 260 g/mol. The number of hydrogen-bond donors (Lipinski definition) is 0. The van der Waals surface area contributed by atoms with E-state index in [1.165, 1.54) is 0 Å². The Kier molecular flexibility index (Phi) is 2.78. The summed E-state index contributed by atoms with van der Waals surface area (Å²) in [5.41, 5.74) is 1.42. The number of carbonyl (C=O) groups excluding carboxylic acids is 1. The first kappa shape index (κ1) is 11.8. The maximum absolute atomic E-state index is 13.2. The molecule has 3 rings (SSSR count). The largest absolute Gasteiger partial charge is 0.454 e. The second kappa shape index (κ2) is 4.46. The van der Waals surface area contributed by atoms with Gasteiger partial charge in [0.05, 0.1) is 5.56 Å². The van der Waals surface area contributed by atoms with Gasteiger partial charge in [-0.1, -0.05) is 30.3 Å². The van der Waals surface area contributed by atoms with Crippen LogP contribution in [0.25, 0.3) is 0 Å². The first-order chi connectivity index (χ1) is 9.15. The molecule has 0 amide bonds. The van der Waals surface area contributed by atoms with E-state index in [9.17, 15) is 13.6 Å². The van der Waals surface area contributed by atoms with E-state index in [0.717, 1.165) is 17.7 Å². The number of cyclic esters (lactones) is 1. The number of hydrogen-bond acceptors (Lipinski definition) is 2. The molecule has 0 aromatic heterocycles. The van der Waals surface area contributed by atoms with Crippen molar-refractivity contribution in [1.29, 1.82) is 0 Å². The minimum atomic E-state index is -1.03. The molecule has 1 unspecified atom stereocenters. The molecule has 0 aliphatic carbocycles. The van der Waals surface area contributed by atoms with Gasteiger partial charge in [-0.05, 0) is 23.3 Å². The SMILES string of the molecule is O=C1OC(c2ccccc2)Cc2cc(F)c(F)cc21. The molecule has 2 nitrogen and oxygen atoms in total. The Bertz CT molecular complexity index is 638. The van der Waals surface area contributed by atoms with Crippen molar-refractivity contribution in [2.75, 3.05) is 0 Å². The smallest absolute Gasteiger partial charge is 0.339 e. The highest BCUT2D eigenvalue weighted by atomic mass is 19.2. The molecule has 4 heteroatoms. The topological polar surface area (TPSA) is 26.3 Å². The summed E-state index contributed by atoms with van der Waals surface area (Å²) >= 11 is 0. The van der Waals surface area contributed by atoms with Gasteiger partial charge in [0.1, 0.15) is 6.10 Å². The number of esters is 1. The maximum atomic E-state index is 13.2. The Hall–Kier alpha value is -2.23. The third-order valence-electron chi connectivity index (χ3n) is 3.19. The van der Waals surface area contributed by atoms with Crippen LogP contribution in [0.4, 0.5) is 8.78 Å². The van der Waals surface area contributed by atoms with Gasteiger partial charge in [0, 0.05) is 6.42 Å². The summed E-state index contributed by atoms with van der Waals surface area (Å²) in [5.74, 6) is -2.59. The van der Waals surface area contributed by atoms with E-state index in [1.807, 2.05) is 30.3 Å². The highest BCUT2D eigenvalue weighted by molar-refractivity contribution is 5.92. The average molecular weight is 260 g/mol. The molecule has 0 bridgehead atoms. The molecule has 0 radical (unpaired) electrons. The summed E-state index contributed by atoms with van der Waals surface area (Å²) in [6.45, 7) is 0. The van der Waals surface area contributed by atoms with Crippen LogP contribution < -0.4 is 0 Å². The number of rotatable bonds is 1. The summed E-state index contributed by atoms with van der Waals surface area (Å²) in [7, 11) is 0. The predicted octanol–water partition coefficient (Wildman–Crippen LogP) is 3.42. The van der Waals surface area contributed by atoms with Crippen LogP contribution in [0.3, 0.4) is 0 Å². The Labute approximate surface area is 108 Å². The highest BCUT2D eigenvalue weighted by Gasteiger charge is 2.28. The van der Waals surface area contributed by atoms with E-state index >= 15 is 0 Å². The Balaban J connectivity index is 2.00. The number of carbonyl (C=O) groups is 1. The summed E-state index contributed by atoms with van der Waals surface area (Å²) in [4.78, 5) is 11.8. The number of halogens is 2. The van der Waals surface area contributed by atoms with Gasteiger partial charge in [0.15, 0.2) is 11.6 Å². The lowest BCUT2D eigenvalue weighted by Crippen LogP contribution is -2.22. The second-order valence-corrected chi connectivity index (χ2v) is 4.43. The standard InChI is InChI=1S/C15H10F2O2/c16-12-6-10-7-14(9-4-2-1-3-5-9)19-15(18)11(10)8-13(12)17/h1-6,8,14H,7H2. The third-order valence-corrected chi connectivity index (χ3v) is 3.19. The molecular formula is C15H10F2O2. The van der Waals surface area contributed by atoms with Crippen LogP contribution in [0, 0.1) is 11.6 Å². The van der Waals surface area contributed by atoms with Crippen LogP contribution >= 0.6 is 0 Å². The lowest BCUT2D eigenvalue weighted by atomic mass is 9.94. The van der Waals surface area contributed by atoms with E-state index in [4.69, 9.17) is 4.74 Å². The maximum Gasteiger partial charge on any atom is 0.339 e. The van der Waals surface area contributed by atoms with Crippen molar-refractivity contribution in [3.05, 3.63) is 70.8 Å². The van der Waals surface area contributed by atoms with Crippen molar-refractivity contribution in [3.63, 3.8) is 0 Å². The molecule has 0 N–H and O–H groups in total. The zero-order chi connectivity index (χ0) is 13.4. The molecule has 0 spiro atoms. The number of fused-ring (bicyclic) bond motifs is 1. The molecule has 0 fully saturated rings. The molecule has 1 heterocycles.